The number of nitrogens with two attached hydrogens (primary N) is 1. The summed E-state index contributed by atoms with van der Waals surface area (Å²) in [7, 11) is 9.00. The van der Waals surface area contributed by atoms with Gasteiger partial charge in [0, 0.05) is 6.08 Å². The number of carbonyl (C=O) groups excluding carboxylic acids is 1. The average molecular weight is 537 g/mol. The number of carbonyl (C=O) groups is 1. The molecule has 10 heteroatoms. The van der Waals surface area contributed by atoms with Gasteiger partial charge in [0.1, 0.15) is 0 Å². The van der Waals surface area contributed by atoms with Crippen molar-refractivity contribution < 1.29 is 38.3 Å². The Hall–Kier alpha value is -4.99. The molecule has 10 nitrogen and oxygen atoms in total. The molecule has 3 aromatic rings. The van der Waals surface area contributed by atoms with Crippen molar-refractivity contribution in [3.8, 4) is 40.2 Å². The highest BCUT2D eigenvalue weighted by molar-refractivity contribution is 6.03. The Morgan fingerprint density at radius 1 is 0.667 bits per heavy atom. The quantitative estimate of drug-likeness (QED) is 0.179. The number of benzene rings is 3. The van der Waals surface area contributed by atoms with Crippen LogP contribution in [0.1, 0.15) is 16.7 Å². The van der Waals surface area contributed by atoms with Crippen molar-refractivity contribution in [2.75, 3.05) is 53.7 Å². The van der Waals surface area contributed by atoms with Crippen molar-refractivity contribution in [3.05, 3.63) is 59.2 Å². The molecule has 0 aliphatic carbocycles. The first-order chi connectivity index (χ1) is 18.8. The molecule has 206 valence electrons. The van der Waals surface area contributed by atoms with E-state index in [0.717, 1.165) is 5.56 Å². The number of nitrogens with one attached hydrogen (secondary N) is 1. The third-order valence-electron chi connectivity index (χ3n) is 5.67. The van der Waals surface area contributed by atoms with Crippen LogP contribution in [0.5, 0.6) is 40.2 Å². The minimum absolute atomic E-state index is 0.122. The molecule has 3 aromatic carbocycles. The van der Waals surface area contributed by atoms with Crippen LogP contribution in [0.4, 0.5) is 11.4 Å². The van der Waals surface area contributed by atoms with Crippen LogP contribution in [0.15, 0.2) is 42.5 Å². The summed E-state index contributed by atoms with van der Waals surface area (Å²) in [4.78, 5) is 12.7. The predicted molar refractivity (Wildman–Crippen MR) is 151 cm³/mol. The first-order valence-electron chi connectivity index (χ1n) is 11.7. The summed E-state index contributed by atoms with van der Waals surface area (Å²) in [5.41, 5.74) is 8.68. The first-order valence-corrected chi connectivity index (χ1v) is 11.7. The first kappa shape index (κ1) is 28.6. The number of aromatic hydroxyl groups is 1. The third kappa shape index (κ3) is 6.67. The lowest BCUT2D eigenvalue weighted by molar-refractivity contribution is -0.111. The summed E-state index contributed by atoms with van der Waals surface area (Å²) in [5.74, 6) is 1.87. The van der Waals surface area contributed by atoms with Gasteiger partial charge >= 0.3 is 0 Å². The van der Waals surface area contributed by atoms with E-state index in [1.807, 2.05) is 0 Å². The molecule has 3 rings (SSSR count). The molecule has 0 fully saturated rings. The number of hydrogen-bond acceptors (Lipinski definition) is 9. The smallest absolute Gasteiger partial charge is 0.248 e. The van der Waals surface area contributed by atoms with Crippen LogP contribution in [0.2, 0.25) is 0 Å². The predicted octanol–water partition coefficient (Wildman–Crippen LogP) is 4.85. The molecule has 0 atom stereocenters. The van der Waals surface area contributed by atoms with Crippen molar-refractivity contribution in [1.82, 2.24) is 0 Å². The van der Waals surface area contributed by atoms with Gasteiger partial charge in [-0.2, -0.15) is 0 Å². The lowest BCUT2D eigenvalue weighted by Gasteiger charge is -2.13. The number of phenolic OH excluding ortho intramolecular Hbond substituents is 1. The van der Waals surface area contributed by atoms with Crippen LogP contribution < -0.4 is 39.5 Å². The molecule has 0 aliphatic rings. The van der Waals surface area contributed by atoms with Gasteiger partial charge in [0.15, 0.2) is 34.5 Å². The highest BCUT2D eigenvalue weighted by Crippen LogP contribution is 2.40. The summed E-state index contributed by atoms with van der Waals surface area (Å²) in [6.45, 7) is 0. The van der Waals surface area contributed by atoms with Gasteiger partial charge in [0.2, 0.25) is 11.7 Å². The minimum Gasteiger partial charge on any atom is -0.504 e. The lowest BCUT2D eigenvalue weighted by Crippen LogP contribution is -2.09. The van der Waals surface area contributed by atoms with Gasteiger partial charge in [-0.15, -0.1) is 0 Å². The lowest BCUT2D eigenvalue weighted by atomic mass is 10.1. The molecule has 0 saturated heterocycles. The maximum Gasteiger partial charge on any atom is 0.248 e. The van der Waals surface area contributed by atoms with Gasteiger partial charge in [-0.1, -0.05) is 12.2 Å². The van der Waals surface area contributed by atoms with Gasteiger partial charge in [0.25, 0.3) is 0 Å². The summed E-state index contributed by atoms with van der Waals surface area (Å²) in [6.07, 6.45) is 6.47. The Bertz CT molecular complexity index is 1370. The molecular formula is C29H32N2O8. The van der Waals surface area contributed by atoms with Gasteiger partial charge in [-0.05, 0) is 59.2 Å². The van der Waals surface area contributed by atoms with E-state index in [4.69, 9.17) is 34.2 Å². The molecule has 0 heterocycles. The van der Waals surface area contributed by atoms with Crippen molar-refractivity contribution in [3.63, 3.8) is 0 Å². The minimum atomic E-state index is -0.452. The van der Waals surface area contributed by atoms with E-state index in [1.54, 1.807) is 48.6 Å². The van der Waals surface area contributed by atoms with Crippen LogP contribution in [-0.4, -0.2) is 53.7 Å². The fraction of sp³-hybridized carbons (Fsp3) is 0.207. The molecule has 0 aliphatic heterocycles. The zero-order valence-electron chi connectivity index (χ0n) is 22.7. The van der Waals surface area contributed by atoms with E-state index in [0.29, 0.717) is 45.6 Å². The number of anilines is 2. The van der Waals surface area contributed by atoms with Gasteiger partial charge in [-0.25, -0.2) is 0 Å². The van der Waals surface area contributed by atoms with Crippen LogP contribution >= 0.6 is 0 Å². The molecule has 0 bridgehead atoms. The van der Waals surface area contributed by atoms with Crippen molar-refractivity contribution >= 4 is 35.5 Å². The fourth-order valence-electron chi connectivity index (χ4n) is 3.89. The summed E-state index contributed by atoms with van der Waals surface area (Å²) >= 11 is 0. The molecule has 39 heavy (non-hydrogen) atoms. The van der Waals surface area contributed by atoms with E-state index in [2.05, 4.69) is 5.32 Å². The number of ether oxygens (including phenoxy) is 6. The van der Waals surface area contributed by atoms with Crippen LogP contribution in [-0.2, 0) is 4.79 Å². The molecule has 4 N–H and O–H groups in total. The molecule has 0 aromatic heterocycles. The Labute approximate surface area is 227 Å². The van der Waals surface area contributed by atoms with Crippen LogP contribution in [0, 0.1) is 0 Å². The van der Waals surface area contributed by atoms with E-state index in [9.17, 15) is 9.90 Å². The average Bonchev–Trinajstić information content (AvgIpc) is 2.93. The standard InChI is InChI=1S/C29H32N2O8/c1-34-23-14-17(11-20(30)27(23)37-4)9-10-26(33)31-21-12-18(13-22(32)28(21)38-5)7-8-19-15-24(35-2)29(39-6)25(16-19)36-3/h7-16,32H,30H2,1-6H3,(H,31,33)/b8-7+,10-9+. The molecule has 0 saturated carbocycles. The topological polar surface area (TPSA) is 131 Å². The highest BCUT2D eigenvalue weighted by Gasteiger charge is 2.14. The van der Waals surface area contributed by atoms with Gasteiger partial charge in [0.05, 0.1) is 54.0 Å². The number of nitrogen functional groups attached to an aromatic ring is 1. The maximum absolute atomic E-state index is 12.7. The number of hydrogen-bond donors (Lipinski definition) is 3. The van der Waals surface area contributed by atoms with E-state index in [-0.39, 0.29) is 17.2 Å². The summed E-state index contributed by atoms with van der Waals surface area (Å²) in [5, 5.41) is 13.3. The number of rotatable bonds is 11. The zero-order chi connectivity index (χ0) is 28.5. The molecule has 0 spiro atoms. The normalized spacial score (nSPS) is 10.9. The van der Waals surface area contributed by atoms with Crippen LogP contribution in [0.3, 0.4) is 0 Å². The SMILES string of the molecule is COc1cc(/C=C/C(=O)Nc2cc(/C=C/c3cc(OC)c(OC)c(OC)c3)cc(O)c2OC)cc(N)c1OC. The van der Waals surface area contributed by atoms with Crippen molar-refractivity contribution in [2.45, 2.75) is 0 Å². The second-order valence-corrected chi connectivity index (χ2v) is 8.08. The van der Waals surface area contributed by atoms with Gasteiger partial charge in [-0.3, -0.25) is 4.79 Å². The Morgan fingerprint density at radius 3 is 1.67 bits per heavy atom. The van der Waals surface area contributed by atoms with Crippen LogP contribution in [0.25, 0.3) is 18.2 Å². The zero-order valence-corrected chi connectivity index (χ0v) is 22.7. The number of methoxy groups -OCH3 is 6. The molecule has 0 radical (unpaired) electrons. The van der Waals surface area contributed by atoms with Crippen molar-refractivity contribution in [2.24, 2.45) is 0 Å². The van der Waals surface area contributed by atoms with E-state index < -0.39 is 5.91 Å². The maximum atomic E-state index is 12.7. The van der Waals surface area contributed by atoms with E-state index in [1.165, 1.54) is 54.8 Å². The fourth-order valence-corrected chi connectivity index (χ4v) is 3.89. The molecule has 1 amide bonds. The summed E-state index contributed by atoms with van der Waals surface area (Å²) < 4.78 is 32.0. The molecule has 0 unspecified atom stereocenters. The van der Waals surface area contributed by atoms with Gasteiger partial charge < -0.3 is 44.6 Å². The highest BCUT2D eigenvalue weighted by atomic mass is 16.5. The Balaban J connectivity index is 1.87. The Morgan fingerprint density at radius 2 is 1.15 bits per heavy atom. The monoisotopic (exact) mass is 536 g/mol. The molecular weight excluding hydrogens is 504 g/mol. The number of phenols is 1. The summed E-state index contributed by atoms with van der Waals surface area (Å²) in [6, 6.07) is 10.1. The van der Waals surface area contributed by atoms with Crippen molar-refractivity contribution in [1.29, 1.82) is 0 Å². The third-order valence-corrected chi connectivity index (χ3v) is 5.67. The second kappa shape index (κ2) is 13.0. The second-order valence-electron chi connectivity index (χ2n) is 8.08. The largest absolute Gasteiger partial charge is 0.504 e. The Kier molecular flexibility index (Phi) is 9.53. The number of amides is 1. The van der Waals surface area contributed by atoms with E-state index >= 15 is 0 Å².